The van der Waals surface area contributed by atoms with E-state index in [2.05, 4.69) is 19.9 Å². The largest absolute Gasteiger partial charge is 0.293 e. The normalized spacial score (nSPS) is 10.6. The maximum Gasteiger partial charge on any atom is 0.173 e. The lowest BCUT2D eigenvalue weighted by atomic mass is 9.92. The standard InChI is InChI=1S/C18H20OS/c1-12-10-13(2)15(4)18(14(12)3)17(19)11-20-16-8-6-5-7-9-16/h5-10H,11H2,1-4H3. The number of hydrogen-bond donors (Lipinski definition) is 0. The van der Waals surface area contributed by atoms with Gasteiger partial charge in [0.05, 0.1) is 5.75 Å². The minimum absolute atomic E-state index is 0.223. The van der Waals surface area contributed by atoms with E-state index in [1.54, 1.807) is 11.8 Å². The zero-order valence-corrected chi connectivity index (χ0v) is 13.3. The van der Waals surface area contributed by atoms with Crippen molar-refractivity contribution in [2.24, 2.45) is 0 Å². The van der Waals surface area contributed by atoms with E-state index in [0.717, 1.165) is 21.6 Å². The second-order valence-electron chi connectivity index (χ2n) is 5.16. The molecule has 0 fully saturated rings. The van der Waals surface area contributed by atoms with E-state index in [0.29, 0.717) is 5.75 Å². The van der Waals surface area contributed by atoms with Crippen LogP contribution in [0.5, 0.6) is 0 Å². The van der Waals surface area contributed by atoms with Gasteiger partial charge in [0, 0.05) is 10.5 Å². The van der Waals surface area contributed by atoms with Crippen molar-refractivity contribution in [3.63, 3.8) is 0 Å². The summed E-state index contributed by atoms with van der Waals surface area (Å²) in [7, 11) is 0. The van der Waals surface area contributed by atoms with E-state index in [1.807, 2.05) is 44.2 Å². The van der Waals surface area contributed by atoms with Crippen molar-refractivity contribution in [3.8, 4) is 0 Å². The average molecular weight is 284 g/mol. The number of benzene rings is 2. The van der Waals surface area contributed by atoms with Gasteiger partial charge in [-0.15, -0.1) is 11.8 Å². The third-order valence-corrected chi connectivity index (χ3v) is 4.77. The van der Waals surface area contributed by atoms with Crippen LogP contribution in [0.2, 0.25) is 0 Å². The molecule has 20 heavy (non-hydrogen) atoms. The number of thioether (sulfide) groups is 1. The summed E-state index contributed by atoms with van der Waals surface area (Å²) in [5.74, 6) is 0.717. The van der Waals surface area contributed by atoms with Gasteiger partial charge in [-0.3, -0.25) is 4.79 Å². The number of Topliss-reactive ketones (excluding diaryl/α,β-unsaturated/α-hetero) is 1. The zero-order chi connectivity index (χ0) is 14.7. The number of rotatable bonds is 4. The molecule has 0 spiro atoms. The van der Waals surface area contributed by atoms with Crippen LogP contribution in [-0.4, -0.2) is 11.5 Å². The molecule has 0 unspecified atom stereocenters. The Bertz CT molecular complexity index is 603. The Kier molecular flexibility index (Phi) is 4.66. The summed E-state index contributed by atoms with van der Waals surface area (Å²) in [6, 6.07) is 12.2. The number of carbonyl (C=O) groups excluding carboxylic acids is 1. The third-order valence-electron chi connectivity index (χ3n) is 3.76. The third kappa shape index (κ3) is 3.13. The van der Waals surface area contributed by atoms with Gasteiger partial charge < -0.3 is 0 Å². The lowest BCUT2D eigenvalue weighted by molar-refractivity contribution is 0.102. The molecule has 0 amide bonds. The predicted octanol–water partition coefficient (Wildman–Crippen LogP) is 4.90. The maximum atomic E-state index is 12.5. The van der Waals surface area contributed by atoms with Crippen molar-refractivity contribution in [1.82, 2.24) is 0 Å². The summed E-state index contributed by atoms with van der Waals surface area (Å²) < 4.78 is 0. The molecule has 1 nitrogen and oxygen atoms in total. The molecule has 0 N–H and O–H groups in total. The molecule has 0 saturated heterocycles. The van der Waals surface area contributed by atoms with E-state index in [9.17, 15) is 4.79 Å². The van der Waals surface area contributed by atoms with E-state index < -0.39 is 0 Å². The van der Waals surface area contributed by atoms with Crippen molar-refractivity contribution >= 4 is 17.5 Å². The monoisotopic (exact) mass is 284 g/mol. The minimum Gasteiger partial charge on any atom is -0.293 e. The second-order valence-corrected chi connectivity index (χ2v) is 6.21. The van der Waals surface area contributed by atoms with E-state index in [1.165, 1.54) is 11.1 Å². The number of ketones is 1. The lowest BCUT2D eigenvalue weighted by Gasteiger charge is -2.14. The Morgan fingerprint density at radius 3 is 2.05 bits per heavy atom. The summed E-state index contributed by atoms with van der Waals surface area (Å²) in [6.45, 7) is 8.23. The van der Waals surface area contributed by atoms with Gasteiger partial charge in [-0.25, -0.2) is 0 Å². The van der Waals surface area contributed by atoms with Gasteiger partial charge in [0.15, 0.2) is 5.78 Å². The molecule has 0 heterocycles. The number of carbonyl (C=O) groups is 1. The van der Waals surface area contributed by atoms with Crippen LogP contribution in [0.3, 0.4) is 0 Å². The Morgan fingerprint density at radius 1 is 0.950 bits per heavy atom. The SMILES string of the molecule is Cc1cc(C)c(C)c(C(=O)CSc2ccccc2)c1C. The number of hydrogen-bond acceptors (Lipinski definition) is 2. The average Bonchev–Trinajstić information content (AvgIpc) is 2.44. The highest BCUT2D eigenvalue weighted by atomic mass is 32.2. The molecule has 0 bridgehead atoms. The van der Waals surface area contributed by atoms with Crippen LogP contribution in [-0.2, 0) is 0 Å². The molecule has 0 atom stereocenters. The van der Waals surface area contributed by atoms with Crippen LogP contribution in [0.4, 0.5) is 0 Å². The van der Waals surface area contributed by atoms with Crippen LogP contribution in [0.15, 0.2) is 41.3 Å². The summed E-state index contributed by atoms with van der Waals surface area (Å²) in [5.41, 5.74) is 5.53. The first kappa shape index (κ1) is 14.9. The Balaban J connectivity index is 2.22. The van der Waals surface area contributed by atoms with Gasteiger partial charge in [0.2, 0.25) is 0 Å². The van der Waals surface area contributed by atoms with Crippen LogP contribution >= 0.6 is 11.8 Å². The molecule has 2 aromatic rings. The van der Waals surface area contributed by atoms with Crippen molar-refractivity contribution in [2.45, 2.75) is 32.6 Å². The van der Waals surface area contributed by atoms with Crippen molar-refractivity contribution < 1.29 is 4.79 Å². The summed E-state index contributed by atoms with van der Waals surface area (Å²) >= 11 is 1.60. The van der Waals surface area contributed by atoms with Gasteiger partial charge in [0.1, 0.15) is 0 Å². The van der Waals surface area contributed by atoms with E-state index >= 15 is 0 Å². The highest BCUT2D eigenvalue weighted by Gasteiger charge is 2.15. The van der Waals surface area contributed by atoms with Crippen molar-refractivity contribution in [1.29, 1.82) is 0 Å². The van der Waals surface area contributed by atoms with Crippen LogP contribution < -0.4 is 0 Å². The molecule has 0 aliphatic heterocycles. The van der Waals surface area contributed by atoms with Gasteiger partial charge in [-0.2, -0.15) is 0 Å². The summed E-state index contributed by atoms with van der Waals surface area (Å²) in [6.07, 6.45) is 0. The predicted molar refractivity (Wildman–Crippen MR) is 86.9 cm³/mol. The second kappa shape index (κ2) is 6.27. The first-order chi connectivity index (χ1) is 9.50. The smallest absolute Gasteiger partial charge is 0.173 e. The topological polar surface area (TPSA) is 17.1 Å². The first-order valence-corrected chi connectivity index (χ1v) is 7.77. The van der Waals surface area contributed by atoms with Gasteiger partial charge >= 0.3 is 0 Å². The molecular formula is C18H20OS. The van der Waals surface area contributed by atoms with E-state index in [-0.39, 0.29) is 5.78 Å². The molecule has 0 aliphatic carbocycles. The molecule has 0 saturated carbocycles. The molecule has 2 rings (SSSR count). The molecular weight excluding hydrogens is 264 g/mol. The summed E-state index contributed by atoms with van der Waals surface area (Å²) in [5, 5.41) is 0. The van der Waals surface area contributed by atoms with Gasteiger partial charge in [-0.05, 0) is 62.1 Å². The van der Waals surface area contributed by atoms with Crippen LogP contribution in [0.1, 0.15) is 32.6 Å². The first-order valence-electron chi connectivity index (χ1n) is 6.79. The summed E-state index contributed by atoms with van der Waals surface area (Å²) in [4.78, 5) is 13.7. The molecule has 0 aromatic heterocycles. The Hall–Kier alpha value is -1.54. The maximum absolute atomic E-state index is 12.5. The fraction of sp³-hybridized carbons (Fsp3) is 0.278. The molecule has 0 aliphatic rings. The van der Waals surface area contributed by atoms with Crippen LogP contribution in [0, 0.1) is 27.7 Å². The zero-order valence-electron chi connectivity index (χ0n) is 12.5. The molecule has 2 aromatic carbocycles. The van der Waals surface area contributed by atoms with Crippen molar-refractivity contribution in [2.75, 3.05) is 5.75 Å². The number of aryl methyl sites for hydroxylation is 2. The minimum atomic E-state index is 0.223. The fourth-order valence-electron chi connectivity index (χ4n) is 2.37. The lowest BCUT2D eigenvalue weighted by Crippen LogP contribution is -2.09. The highest BCUT2D eigenvalue weighted by molar-refractivity contribution is 8.00. The van der Waals surface area contributed by atoms with Gasteiger partial charge in [-0.1, -0.05) is 24.3 Å². The highest BCUT2D eigenvalue weighted by Crippen LogP contribution is 2.25. The van der Waals surface area contributed by atoms with Gasteiger partial charge in [0.25, 0.3) is 0 Å². The fourth-order valence-corrected chi connectivity index (χ4v) is 3.16. The molecule has 0 radical (unpaired) electrons. The quantitative estimate of drug-likeness (QED) is 0.587. The molecule has 104 valence electrons. The molecule has 2 heteroatoms. The van der Waals surface area contributed by atoms with E-state index in [4.69, 9.17) is 0 Å². The Labute approximate surface area is 125 Å². The van der Waals surface area contributed by atoms with Crippen molar-refractivity contribution in [3.05, 3.63) is 64.2 Å². The Morgan fingerprint density at radius 2 is 1.50 bits per heavy atom. The van der Waals surface area contributed by atoms with Crippen LogP contribution in [0.25, 0.3) is 0 Å².